The van der Waals surface area contributed by atoms with Crippen molar-refractivity contribution in [1.29, 1.82) is 0 Å². The number of Topliss-reactive ketones (excluding diaryl/α,β-unsaturated/α-hetero) is 1. The number of carbonyl (C=O) groups excluding carboxylic acids is 1. The summed E-state index contributed by atoms with van der Waals surface area (Å²) in [7, 11) is 3.83. The van der Waals surface area contributed by atoms with E-state index in [4.69, 9.17) is 0 Å². The zero-order valence-corrected chi connectivity index (χ0v) is 13.5. The van der Waals surface area contributed by atoms with Gasteiger partial charge in [-0.2, -0.15) is 0 Å². The zero-order valence-electron chi connectivity index (χ0n) is 12.7. The third-order valence-electron chi connectivity index (χ3n) is 4.33. The van der Waals surface area contributed by atoms with Crippen LogP contribution in [0.5, 0.6) is 0 Å². The van der Waals surface area contributed by atoms with E-state index < -0.39 is 0 Å². The molecule has 0 fully saturated rings. The van der Waals surface area contributed by atoms with Crippen LogP contribution < -0.4 is 5.56 Å². The second-order valence-electron chi connectivity index (χ2n) is 6.13. The molecular weight excluding hydrogens is 298 g/mol. The van der Waals surface area contributed by atoms with Gasteiger partial charge in [0.1, 0.15) is 10.7 Å². The van der Waals surface area contributed by atoms with Gasteiger partial charge in [-0.15, -0.1) is 11.3 Å². The van der Waals surface area contributed by atoms with E-state index in [9.17, 15) is 9.59 Å². The molecule has 2 aliphatic rings. The number of hydrogen-bond donors (Lipinski definition) is 0. The molecule has 22 heavy (non-hydrogen) atoms. The maximum atomic E-state index is 12.7. The van der Waals surface area contributed by atoms with E-state index in [1.165, 1.54) is 11.3 Å². The summed E-state index contributed by atoms with van der Waals surface area (Å²) in [5.41, 5.74) is 1.78. The number of carbonyl (C=O) groups is 1. The molecular formula is C16H17N3O2S. The van der Waals surface area contributed by atoms with Gasteiger partial charge in [0.2, 0.25) is 5.78 Å². The predicted octanol–water partition coefficient (Wildman–Crippen LogP) is 1.98. The van der Waals surface area contributed by atoms with E-state index in [1.807, 2.05) is 25.2 Å². The van der Waals surface area contributed by atoms with E-state index >= 15 is 0 Å². The lowest BCUT2D eigenvalue weighted by molar-refractivity contribution is 0.102. The molecule has 1 aliphatic carbocycles. The maximum absolute atomic E-state index is 12.7. The van der Waals surface area contributed by atoms with Crippen LogP contribution in [-0.2, 0) is 19.4 Å². The van der Waals surface area contributed by atoms with Gasteiger partial charge in [0.15, 0.2) is 0 Å². The SMILES string of the molecule is CN(C)/C=C1\CCc2c(sc3nc4n(c(=O)c23)CCC4)C1=O. The molecule has 5 nitrogen and oxygen atoms in total. The van der Waals surface area contributed by atoms with Crippen LogP contribution in [0.4, 0.5) is 0 Å². The van der Waals surface area contributed by atoms with Crippen LogP contribution in [0.2, 0.25) is 0 Å². The largest absolute Gasteiger partial charge is 0.383 e. The van der Waals surface area contributed by atoms with Crippen LogP contribution in [0.3, 0.4) is 0 Å². The molecule has 0 spiro atoms. The Balaban J connectivity index is 1.94. The molecule has 0 radical (unpaired) electrons. The van der Waals surface area contributed by atoms with Crippen LogP contribution in [0.1, 0.15) is 33.9 Å². The minimum absolute atomic E-state index is 0.0443. The van der Waals surface area contributed by atoms with Crippen molar-refractivity contribution < 1.29 is 4.79 Å². The third kappa shape index (κ3) is 1.86. The Kier molecular flexibility index (Phi) is 2.97. The van der Waals surface area contributed by atoms with Gasteiger partial charge in [0, 0.05) is 38.8 Å². The summed E-state index contributed by atoms with van der Waals surface area (Å²) in [6.45, 7) is 0.751. The van der Waals surface area contributed by atoms with Gasteiger partial charge in [-0.1, -0.05) is 0 Å². The number of rotatable bonds is 1. The molecule has 0 saturated carbocycles. The number of fused-ring (bicyclic) bond motifs is 4. The monoisotopic (exact) mass is 315 g/mol. The van der Waals surface area contributed by atoms with Gasteiger partial charge in [0.05, 0.1) is 10.3 Å². The number of aryl methyl sites for hydroxylation is 2. The fourth-order valence-corrected chi connectivity index (χ4v) is 4.58. The maximum Gasteiger partial charge on any atom is 0.262 e. The lowest BCUT2D eigenvalue weighted by atomic mass is 9.92. The van der Waals surface area contributed by atoms with E-state index in [-0.39, 0.29) is 11.3 Å². The molecule has 0 saturated heterocycles. The summed E-state index contributed by atoms with van der Waals surface area (Å²) in [5.74, 6) is 0.926. The average molecular weight is 315 g/mol. The van der Waals surface area contributed by atoms with E-state index in [1.54, 1.807) is 4.57 Å². The Morgan fingerprint density at radius 1 is 1.23 bits per heavy atom. The quantitative estimate of drug-likeness (QED) is 0.755. The number of hydrogen-bond acceptors (Lipinski definition) is 5. The number of thiophene rings is 1. The first-order valence-electron chi connectivity index (χ1n) is 7.53. The highest BCUT2D eigenvalue weighted by Gasteiger charge is 2.30. The highest BCUT2D eigenvalue weighted by Crippen LogP contribution is 2.36. The minimum Gasteiger partial charge on any atom is -0.383 e. The van der Waals surface area contributed by atoms with Gasteiger partial charge in [0.25, 0.3) is 5.56 Å². The first kappa shape index (κ1) is 13.7. The molecule has 6 heteroatoms. The van der Waals surface area contributed by atoms with Crippen LogP contribution in [0, 0.1) is 0 Å². The minimum atomic E-state index is 0.0443. The Bertz CT molecular complexity index is 889. The average Bonchev–Trinajstić information content (AvgIpc) is 3.06. The van der Waals surface area contributed by atoms with Gasteiger partial charge < -0.3 is 4.90 Å². The van der Waals surface area contributed by atoms with Crippen molar-refractivity contribution >= 4 is 27.3 Å². The second kappa shape index (κ2) is 4.78. The fourth-order valence-electron chi connectivity index (χ4n) is 3.37. The third-order valence-corrected chi connectivity index (χ3v) is 5.45. The topological polar surface area (TPSA) is 55.2 Å². The van der Waals surface area contributed by atoms with Gasteiger partial charge in [-0.25, -0.2) is 4.98 Å². The summed E-state index contributed by atoms with van der Waals surface area (Å²) in [5, 5.41) is 0.683. The molecule has 0 amide bonds. The highest BCUT2D eigenvalue weighted by atomic mass is 32.1. The number of aromatic nitrogens is 2. The molecule has 0 bridgehead atoms. The summed E-state index contributed by atoms with van der Waals surface area (Å²) in [4.78, 5) is 33.4. The summed E-state index contributed by atoms with van der Waals surface area (Å²) >= 11 is 1.39. The Morgan fingerprint density at radius 3 is 2.82 bits per heavy atom. The molecule has 0 unspecified atom stereocenters. The Labute approximate surface area is 131 Å². The molecule has 4 rings (SSSR count). The Morgan fingerprint density at radius 2 is 2.05 bits per heavy atom. The number of allylic oxidation sites excluding steroid dienone is 1. The zero-order chi connectivity index (χ0) is 15.4. The molecule has 2 aromatic heterocycles. The van der Waals surface area contributed by atoms with E-state index in [0.29, 0.717) is 16.7 Å². The molecule has 3 heterocycles. The van der Waals surface area contributed by atoms with Crippen LogP contribution in [0.15, 0.2) is 16.6 Å². The van der Waals surface area contributed by atoms with Crippen molar-refractivity contribution in [2.45, 2.75) is 32.2 Å². The Hall–Kier alpha value is -1.95. The highest BCUT2D eigenvalue weighted by molar-refractivity contribution is 7.20. The van der Waals surface area contributed by atoms with Crippen LogP contribution in [0.25, 0.3) is 10.2 Å². The summed E-state index contributed by atoms with van der Waals surface area (Å²) < 4.78 is 1.78. The first-order valence-corrected chi connectivity index (χ1v) is 8.35. The molecule has 2 aromatic rings. The van der Waals surface area contributed by atoms with Crippen molar-refractivity contribution in [3.8, 4) is 0 Å². The predicted molar refractivity (Wildman–Crippen MR) is 86.6 cm³/mol. The number of nitrogens with zero attached hydrogens (tertiary/aromatic N) is 3. The van der Waals surface area contributed by atoms with Crippen LogP contribution >= 0.6 is 11.3 Å². The van der Waals surface area contributed by atoms with Gasteiger partial charge >= 0.3 is 0 Å². The van der Waals surface area contributed by atoms with Crippen LogP contribution in [-0.4, -0.2) is 34.3 Å². The summed E-state index contributed by atoms with van der Waals surface area (Å²) in [6, 6.07) is 0. The fraction of sp³-hybridized carbons (Fsp3) is 0.438. The first-order chi connectivity index (χ1) is 10.6. The van der Waals surface area contributed by atoms with Gasteiger partial charge in [-0.3, -0.25) is 14.2 Å². The molecule has 0 atom stereocenters. The molecule has 0 N–H and O–H groups in total. The van der Waals surface area contributed by atoms with Crippen molar-refractivity contribution in [3.05, 3.63) is 38.4 Å². The lowest BCUT2D eigenvalue weighted by Crippen LogP contribution is -2.22. The molecule has 114 valence electrons. The van der Waals surface area contributed by atoms with Crippen molar-refractivity contribution in [2.24, 2.45) is 0 Å². The summed E-state index contributed by atoms with van der Waals surface area (Å²) in [6.07, 6.45) is 5.16. The molecule has 1 aliphatic heterocycles. The van der Waals surface area contributed by atoms with Gasteiger partial charge in [-0.05, 0) is 24.8 Å². The number of ketones is 1. The standard InChI is InChI=1S/C16H17N3O2S/c1-18(2)8-9-5-6-10-12-15(22-14(10)13(9)20)17-11-4-3-7-19(11)16(12)21/h8H,3-7H2,1-2H3/b9-8+. The van der Waals surface area contributed by atoms with E-state index in [2.05, 4.69) is 4.98 Å². The lowest BCUT2D eigenvalue weighted by Gasteiger charge is -2.16. The van der Waals surface area contributed by atoms with Crippen molar-refractivity contribution in [3.63, 3.8) is 0 Å². The smallest absolute Gasteiger partial charge is 0.262 e. The van der Waals surface area contributed by atoms with E-state index in [0.717, 1.165) is 47.6 Å². The van der Waals surface area contributed by atoms with Crippen molar-refractivity contribution in [2.75, 3.05) is 14.1 Å². The van der Waals surface area contributed by atoms with Crippen molar-refractivity contribution in [1.82, 2.24) is 14.5 Å². The normalized spacial score (nSPS) is 18.8. The second-order valence-corrected chi connectivity index (χ2v) is 7.12. The molecule has 0 aromatic carbocycles.